The van der Waals surface area contributed by atoms with Crippen molar-refractivity contribution in [3.8, 4) is 6.07 Å². The smallest absolute Gasteiger partial charge is 0.0690 e. The van der Waals surface area contributed by atoms with Crippen molar-refractivity contribution >= 4 is 0 Å². The summed E-state index contributed by atoms with van der Waals surface area (Å²) >= 11 is 0. The van der Waals surface area contributed by atoms with E-state index in [9.17, 15) is 5.26 Å². The standard InChI is InChI=1S/C14H23NO/c1-2-12-5-7-14(11-15,8-6-12)10-13-4-3-9-16-13/h12-13H,2-10H2,1H3. The highest BCUT2D eigenvalue weighted by Crippen LogP contribution is 2.44. The summed E-state index contributed by atoms with van der Waals surface area (Å²) in [6.45, 7) is 3.17. The molecule has 2 aliphatic rings. The van der Waals surface area contributed by atoms with E-state index in [1.165, 1.54) is 32.1 Å². The van der Waals surface area contributed by atoms with Gasteiger partial charge in [-0.2, -0.15) is 5.26 Å². The second-order valence-electron chi connectivity index (χ2n) is 5.58. The van der Waals surface area contributed by atoms with Crippen LogP contribution < -0.4 is 0 Å². The van der Waals surface area contributed by atoms with E-state index in [1.807, 2.05) is 0 Å². The first-order valence-electron chi connectivity index (χ1n) is 6.81. The van der Waals surface area contributed by atoms with Gasteiger partial charge in [-0.15, -0.1) is 0 Å². The topological polar surface area (TPSA) is 33.0 Å². The fourth-order valence-electron chi connectivity index (χ4n) is 3.24. The van der Waals surface area contributed by atoms with Gasteiger partial charge in [0.1, 0.15) is 0 Å². The molecular weight excluding hydrogens is 198 g/mol. The van der Waals surface area contributed by atoms with E-state index in [1.54, 1.807) is 0 Å². The molecule has 0 aromatic rings. The molecule has 0 bridgehead atoms. The third-order valence-corrected chi connectivity index (χ3v) is 4.52. The molecule has 90 valence electrons. The van der Waals surface area contributed by atoms with Crippen LogP contribution >= 0.6 is 0 Å². The van der Waals surface area contributed by atoms with E-state index in [-0.39, 0.29) is 5.41 Å². The van der Waals surface area contributed by atoms with E-state index in [0.29, 0.717) is 6.10 Å². The van der Waals surface area contributed by atoms with Gasteiger partial charge in [-0.05, 0) is 50.9 Å². The van der Waals surface area contributed by atoms with E-state index < -0.39 is 0 Å². The normalized spacial score (nSPS) is 39.5. The highest BCUT2D eigenvalue weighted by atomic mass is 16.5. The molecule has 2 nitrogen and oxygen atoms in total. The zero-order valence-electron chi connectivity index (χ0n) is 10.4. The molecule has 1 saturated heterocycles. The van der Waals surface area contributed by atoms with Crippen molar-refractivity contribution < 1.29 is 4.74 Å². The van der Waals surface area contributed by atoms with Crippen LogP contribution in [0.1, 0.15) is 58.3 Å². The van der Waals surface area contributed by atoms with Gasteiger partial charge in [-0.1, -0.05) is 13.3 Å². The highest BCUT2D eigenvalue weighted by molar-refractivity contribution is 5.03. The molecule has 1 heterocycles. The Balaban J connectivity index is 1.90. The van der Waals surface area contributed by atoms with Crippen LogP contribution in [0.15, 0.2) is 0 Å². The molecule has 0 N–H and O–H groups in total. The first-order chi connectivity index (χ1) is 7.78. The van der Waals surface area contributed by atoms with Gasteiger partial charge >= 0.3 is 0 Å². The lowest BCUT2D eigenvalue weighted by atomic mass is 9.68. The Morgan fingerprint density at radius 2 is 2.06 bits per heavy atom. The fraction of sp³-hybridized carbons (Fsp3) is 0.929. The Morgan fingerprint density at radius 3 is 2.56 bits per heavy atom. The van der Waals surface area contributed by atoms with Crippen LogP contribution in [0.2, 0.25) is 0 Å². The number of nitrogens with zero attached hydrogens (tertiary/aromatic N) is 1. The maximum atomic E-state index is 9.46. The quantitative estimate of drug-likeness (QED) is 0.728. The number of nitriles is 1. The highest BCUT2D eigenvalue weighted by Gasteiger charge is 2.38. The minimum Gasteiger partial charge on any atom is -0.378 e. The van der Waals surface area contributed by atoms with Gasteiger partial charge in [-0.3, -0.25) is 0 Å². The molecule has 0 aromatic heterocycles. The van der Waals surface area contributed by atoms with Crippen molar-refractivity contribution in [2.75, 3.05) is 6.61 Å². The molecule has 1 saturated carbocycles. The molecule has 2 rings (SSSR count). The van der Waals surface area contributed by atoms with E-state index in [2.05, 4.69) is 13.0 Å². The van der Waals surface area contributed by atoms with Crippen molar-refractivity contribution in [3.63, 3.8) is 0 Å². The third kappa shape index (κ3) is 2.58. The second kappa shape index (κ2) is 5.19. The lowest BCUT2D eigenvalue weighted by molar-refractivity contribution is 0.0587. The average Bonchev–Trinajstić information content (AvgIpc) is 2.83. The maximum Gasteiger partial charge on any atom is 0.0690 e. The molecule has 1 unspecified atom stereocenters. The Kier molecular flexibility index (Phi) is 3.86. The summed E-state index contributed by atoms with van der Waals surface area (Å²) in [4.78, 5) is 0. The number of ether oxygens (including phenoxy) is 1. The molecule has 0 radical (unpaired) electrons. The van der Waals surface area contributed by atoms with Crippen molar-refractivity contribution in [2.24, 2.45) is 11.3 Å². The van der Waals surface area contributed by atoms with Gasteiger partial charge in [-0.25, -0.2) is 0 Å². The zero-order chi connectivity index (χ0) is 11.4. The van der Waals surface area contributed by atoms with Gasteiger partial charge in [0.15, 0.2) is 0 Å². The first kappa shape index (κ1) is 11.9. The molecule has 1 aliphatic heterocycles. The molecule has 1 atom stereocenters. The van der Waals surface area contributed by atoms with Gasteiger partial charge in [0.25, 0.3) is 0 Å². The van der Waals surface area contributed by atoms with Crippen LogP contribution in [0.5, 0.6) is 0 Å². The molecule has 2 heteroatoms. The first-order valence-corrected chi connectivity index (χ1v) is 6.81. The largest absolute Gasteiger partial charge is 0.378 e. The van der Waals surface area contributed by atoms with Gasteiger partial charge in [0, 0.05) is 6.61 Å². The average molecular weight is 221 g/mol. The summed E-state index contributed by atoms with van der Waals surface area (Å²) in [6, 6.07) is 2.61. The van der Waals surface area contributed by atoms with Crippen LogP contribution in [0.3, 0.4) is 0 Å². The Morgan fingerprint density at radius 1 is 1.31 bits per heavy atom. The second-order valence-corrected chi connectivity index (χ2v) is 5.58. The summed E-state index contributed by atoms with van der Waals surface area (Å²) < 4.78 is 5.68. The summed E-state index contributed by atoms with van der Waals surface area (Å²) in [6.07, 6.45) is 9.68. The van der Waals surface area contributed by atoms with Gasteiger partial charge in [0.2, 0.25) is 0 Å². The van der Waals surface area contributed by atoms with Crippen LogP contribution in [0, 0.1) is 22.7 Å². The molecule has 16 heavy (non-hydrogen) atoms. The zero-order valence-corrected chi connectivity index (χ0v) is 10.4. The van der Waals surface area contributed by atoms with Crippen LogP contribution in [-0.4, -0.2) is 12.7 Å². The van der Waals surface area contributed by atoms with Crippen molar-refractivity contribution in [1.29, 1.82) is 5.26 Å². The van der Waals surface area contributed by atoms with Crippen molar-refractivity contribution in [3.05, 3.63) is 0 Å². The van der Waals surface area contributed by atoms with Crippen molar-refractivity contribution in [2.45, 2.75) is 64.4 Å². The predicted octanol–water partition coefficient (Wildman–Crippen LogP) is 3.67. The molecule has 0 amide bonds. The van der Waals surface area contributed by atoms with Crippen LogP contribution in [0.4, 0.5) is 0 Å². The summed E-state index contributed by atoms with van der Waals surface area (Å²) in [5.41, 5.74) is -0.0549. The summed E-state index contributed by atoms with van der Waals surface area (Å²) in [5, 5.41) is 9.46. The third-order valence-electron chi connectivity index (χ3n) is 4.52. The van der Waals surface area contributed by atoms with Crippen LogP contribution in [-0.2, 0) is 4.74 Å². The fourth-order valence-corrected chi connectivity index (χ4v) is 3.24. The monoisotopic (exact) mass is 221 g/mol. The SMILES string of the molecule is CCC1CCC(C#N)(CC2CCCO2)CC1. The maximum absolute atomic E-state index is 9.46. The predicted molar refractivity (Wildman–Crippen MR) is 63.9 cm³/mol. The summed E-state index contributed by atoms with van der Waals surface area (Å²) in [7, 11) is 0. The minimum atomic E-state index is -0.0549. The van der Waals surface area contributed by atoms with Crippen LogP contribution in [0.25, 0.3) is 0 Å². The number of hydrogen-bond donors (Lipinski definition) is 0. The lowest BCUT2D eigenvalue weighted by Crippen LogP contribution is -2.30. The molecule has 1 aliphatic carbocycles. The van der Waals surface area contributed by atoms with E-state index in [4.69, 9.17) is 4.74 Å². The Hall–Kier alpha value is -0.550. The summed E-state index contributed by atoms with van der Waals surface area (Å²) in [5.74, 6) is 0.867. The number of rotatable bonds is 3. The Bertz CT molecular complexity index is 254. The van der Waals surface area contributed by atoms with E-state index in [0.717, 1.165) is 31.8 Å². The van der Waals surface area contributed by atoms with E-state index >= 15 is 0 Å². The molecule has 0 aromatic carbocycles. The Labute approximate surface area is 99.0 Å². The molecule has 0 spiro atoms. The van der Waals surface area contributed by atoms with Crippen molar-refractivity contribution in [1.82, 2.24) is 0 Å². The number of hydrogen-bond acceptors (Lipinski definition) is 2. The van der Waals surface area contributed by atoms with Gasteiger partial charge < -0.3 is 4.74 Å². The molecular formula is C14H23NO. The lowest BCUT2D eigenvalue weighted by Gasteiger charge is -2.36. The minimum absolute atomic E-state index is 0.0549. The molecule has 2 fully saturated rings. The van der Waals surface area contributed by atoms with Gasteiger partial charge in [0.05, 0.1) is 17.6 Å².